The van der Waals surface area contributed by atoms with E-state index in [1.165, 1.54) is 11.8 Å². The molecule has 0 saturated carbocycles. The first-order valence-corrected chi connectivity index (χ1v) is 10.8. The fraction of sp³-hybridized carbons (Fsp3) is 0.480. The summed E-state index contributed by atoms with van der Waals surface area (Å²) in [6.45, 7) is 10.4. The van der Waals surface area contributed by atoms with Crippen LogP contribution in [-0.4, -0.2) is 48.1 Å². The first kappa shape index (κ1) is 25.2. The fourth-order valence-corrected chi connectivity index (χ4v) is 3.43. The molecule has 0 saturated heterocycles. The number of nitrogens with one attached hydrogen (secondary N) is 1. The minimum atomic E-state index is -0.874. The summed E-state index contributed by atoms with van der Waals surface area (Å²) in [5, 5.41) is 4.69. The molecule has 0 heterocycles. The zero-order valence-corrected chi connectivity index (χ0v) is 20.0. The number of benzene rings is 2. The van der Waals surface area contributed by atoms with Gasteiger partial charge in [-0.2, -0.15) is 0 Å². The number of hydrogen-bond acceptors (Lipinski definition) is 5. The van der Waals surface area contributed by atoms with Crippen LogP contribution in [0.1, 0.15) is 47.1 Å². The molecule has 2 aromatic carbocycles. The molecule has 2 rings (SSSR count). The molecule has 3 amide bonds. The Kier molecular flexibility index (Phi) is 8.25. The topological polar surface area (TPSA) is 84.9 Å². The average molecular weight is 443 g/mol. The van der Waals surface area contributed by atoms with Gasteiger partial charge in [0.2, 0.25) is 5.91 Å². The van der Waals surface area contributed by atoms with Crippen LogP contribution in [-0.2, 0) is 20.7 Å². The molecular formula is C25H34N2O5. The number of carbonyl (C=O) groups excluding carboxylic acids is 3. The molecule has 0 aliphatic rings. The van der Waals surface area contributed by atoms with Crippen LogP contribution in [0.5, 0.6) is 5.75 Å². The predicted octanol–water partition coefficient (Wildman–Crippen LogP) is 4.32. The first-order valence-electron chi connectivity index (χ1n) is 10.8. The van der Waals surface area contributed by atoms with Gasteiger partial charge in [-0.05, 0) is 61.6 Å². The second kappa shape index (κ2) is 10.5. The molecule has 7 nitrogen and oxygen atoms in total. The van der Waals surface area contributed by atoms with Crippen molar-refractivity contribution >= 4 is 28.7 Å². The Bertz CT molecular complexity index is 978. The van der Waals surface area contributed by atoms with Gasteiger partial charge in [-0.25, -0.2) is 4.79 Å². The van der Waals surface area contributed by atoms with E-state index in [9.17, 15) is 14.4 Å². The van der Waals surface area contributed by atoms with Gasteiger partial charge in [0, 0.05) is 13.5 Å². The fourth-order valence-electron chi connectivity index (χ4n) is 3.43. The predicted molar refractivity (Wildman–Crippen MR) is 125 cm³/mol. The van der Waals surface area contributed by atoms with Crippen molar-refractivity contribution in [2.75, 3.05) is 13.7 Å². The molecule has 0 aromatic heterocycles. The lowest BCUT2D eigenvalue weighted by molar-refractivity contribution is -0.145. The van der Waals surface area contributed by atoms with Crippen LogP contribution in [0.2, 0.25) is 0 Å². The third kappa shape index (κ3) is 6.70. The van der Waals surface area contributed by atoms with Crippen LogP contribution in [0.3, 0.4) is 0 Å². The molecule has 1 N–H and O–H groups in total. The molecule has 0 spiro atoms. The van der Waals surface area contributed by atoms with Crippen molar-refractivity contribution in [2.24, 2.45) is 5.92 Å². The van der Waals surface area contributed by atoms with Crippen molar-refractivity contribution < 1.29 is 23.9 Å². The highest BCUT2D eigenvalue weighted by molar-refractivity contribution is 5.98. The summed E-state index contributed by atoms with van der Waals surface area (Å²) >= 11 is 0. The Balaban J connectivity index is 2.22. The molecular weight excluding hydrogens is 408 g/mol. The van der Waals surface area contributed by atoms with Crippen LogP contribution in [0.4, 0.5) is 4.79 Å². The summed E-state index contributed by atoms with van der Waals surface area (Å²) in [5.41, 5.74) is 0.311. The molecule has 0 aliphatic carbocycles. The van der Waals surface area contributed by atoms with E-state index in [0.29, 0.717) is 6.42 Å². The van der Waals surface area contributed by atoms with Crippen molar-refractivity contribution in [3.05, 3.63) is 42.0 Å². The lowest BCUT2D eigenvalue weighted by Crippen LogP contribution is -2.53. The van der Waals surface area contributed by atoms with Gasteiger partial charge in [0.15, 0.2) is 0 Å². The standard InChI is InChI=1S/C25H34N2O5/c1-16(2)22(26-24(30)32-25(4,5)6)23(29)27(17(3)28)14-13-19-10-8-9-18-11-12-20(31-7)15-21(18)19/h8-12,15-16,22H,13-14H2,1-7H3,(H,26,30). The van der Waals surface area contributed by atoms with Crippen molar-refractivity contribution in [2.45, 2.75) is 59.6 Å². The number of nitrogens with zero attached hydrogens (tertiary/aromatic N) is 1. The Morgan fingerprint density at radius 2 is 1.78 bits per heavy atom. The van der Waals surface area contributed by atoms with Crippen LogP contribution in [0.15, 0.2) is 36.4 Å². The first-order chi connectivity index (χ1) is 14.9. The number of ether oxygens (including phenoxy) is 2. The van der Waals surface area contributed by atoms with E-state index >= 15 is 0 Å². The van der Waals surface area contributed by atoms with Crippen molar-refractivity contribution in [3.8, 4) is 5.75 Å². The van der Waals surface area contributed by atoms with Gasteiger partial charge in [0.1, 0.15) is 17.4 Å². The van der Waals surface area contributed by atoms with E-state index in [0.717, 1.165) is 22.1 Å². The molecule has 0 aliphatic heterocycles. The third-order valence-electron chi connectivity index (χ3n) is 5.04. The Labute approximate surface area is 190 Å². The molecule has 0 fully saturated rings. The number of imide groups is 1. The van der Waals surface area contributed by atoms with Gasteiger partial charge in [-0.15, -0.1) is 0 Å². The molecule has 174 valence electrons. The number of alkyl carbamates (subject to hydrolysis) is 1. The molecule has 7 heteroatoms. The minimum Gasteiger partial charge on any atom is -0.497 e. The summed E-state index contributed by atoms with van der Waals surface area (Å²) < 4.78 is 10.6. The summed E-state index contributed by atoms with van der Waals surface area (Å²) in [6.07, 6.45) is -0.207. The molecule has 32 heavy (non-hydrogen) atoms. The van der Waals surface area contributed by atoms with E-state index in [1.54, 1.807) is 27.9 Å². The monoisotopic (exact) mass is 442 g/mol. The normalized spacial score (nSPS) is 12.4. The van der Waals surface area contributed by atoms with E-state index in [2.05, 4.69) is 5.32 Å². The molecule has 1 atom stereocenters. The molecule has 0 bridgehead atoms. The van der Waals surface area contributed by atoms with Crippen molar-refractivity contribution in [1.82, 2.24) is 10.2 Å². The molecule has 1 unspecified atom stereocenters. The molecule has 0 radical (unpaired) electrons. The second-order valence-electron chi connectivity index (χ2n) is 9.13. The highest BCUT2D eigenvalue weighted by Crippen LogP contribution is 2.25. The number of amides is 3. The van der Waals surface area contributed by atoms with Crippen molar-refractivity contribution in [1.29, 1.82) is 0 Å². The maximum Gasteiger partial charge on any atom is 0.408 e. The summed E-state index contributed by atoms with van der Waals surface area (Å²) in [6, 6.07) is 10.9. The average Bonchev–Trinajstić information content (AvgIpc) is 2.69. The zero-order chi connectivity index (χ0) is 24.1. The van der Waals surface area contributed by atoms with Crippen LogP contribution in [0.25, 0.3) is 10.8 Å². The summed E-state index contributed by atoms with van der Waals surface area (Å²) in [4.78, 5) is 39.0. The minimum absolute atomic E-state index is 0.198. The summed E-state index contributed by atoms with van der Waals surface area (Å²) in [7, 11) is 1.61. The Morgan fingerprint density at radius 1 is 1.09 bits per heavy atom. The van der Waals surface area contributed by atoms with Gasteiger partial charge in [0.25, 0.3) is 5.91 Å². The third-order valence-corrected chi connectivity index (χ3v) is 5.04. The number of hydrogen-bond donors (Lipinski definition) is 1. The van der Waals surface area contributed by atoms with E-state index < -0.39 is 23.6 Å². The number of fused-ring (bicyclic) bond motifs is 1. The van der Waals surface area contributed by atoms with Crippen molar-refractivity contribution in [3.63, 3.8) is 0 Å². The van der Waals surface area contributed by atoms with Gasteiger partial charge in [-0.3, -0.25) is 14.5 Å². The lowest BCUT2D eigenvalue weighted by Gasteiger charge is -2.29. The highest BCUT2D eigenvalue weighted by atomic mass is 16.6. The number of carbonyl (C=O) groups is 3. The van der Waals surface area contributed by atoms with Crippen LogP contribution < -0.4 is 10.1 Å². The Hall–Kier alpha value is -3.09. The SMILES string of the molecule is COc1ccc2cccc(CCN(C(C)=O)C(=O)C(NC(=O)OC(C)(C)C)C(C)C)c2c1. The number of methoxy groups -OCH3 is 1. The van der Waals surface area contributed by atoms with E-state index in [4.69, 9.17) is 9.47 Å². The van der Waals surface area contributed by atoms with Gasteiger partial charge >= 0.3 is 6.09 Å². The van der Waals surface area contributed by atoms with E-state index in [1.807, 2.05) is 50.2 Å². The summed E-state index contributed by atoms with van der Waals surface area (Å²) in [5.74, 6) is -0.301. The molecule has 2 aromatic rings. The van der Waals surface area contributed by atoms with E-state index in [-0.39, 0.29) is 18.4 Å². The van der Waals surface area contributed by atoms with Gasteiger partial charge < -0.3 is 14.8 Å². The van der Waals surface area contributed by atoms with Crippen LogP contribution in [0, 0.1) is 5.92 Å². The maximum atomic E-state index is 13.2. The lowest BCUT2D eigenvalue weighted by atomic mass is 10.0. The number of rotatable bonds is 7. The Morgan fingerprint density at radius 3 is 2.34 bits per heavy atom. The van der Waals surface area contributed by atoms with Gasteiger partial charge in [0.05, 0.1) is 7.11 Å². The largest absolute Gasteiger partial charge is 0.497 e. The smallest absolute Gasteiger partial charge is 0.408 e. The highest BCUT2D eigenvalue weighted by Gasteiger charge is 2.32. The van der Waals surface area contributed by atoms with Crippen LogP contribution >= 0.6 is 0 Å². The quantitative estimate of drug-likeness (QED) is 0.690. The second-order valence-corrected chi connectivity index (χ2v) is 9.13. The maximum absolute atomic E-state index is 13.2. The van der Waals surface area contributed by atoms with Gasteiger partial charge in [-0.1, -0.05) is 38.1 Å². The zero-order valence-electron chi connectivity index (χ0n) is 20.0.